The van der Waals surface area contributed by atoms with Gasteiger partial charge in [0.25, 0.3) is 0 Å². The molecule has 1 aliphatic heterocycles. The molecule has 0 aliphatic carbocycles. The second-order valence-corrected chi connectivity index (χ2v) is 9.66. The SMILES string of the molecule is CC1(C)c2ccccc2N(c2cccc(-c3cccc(-c4ccncc4C#N)c3)c2)c2ccccc21. The fourth-order valence-electron chi connectivity index (χ4n) is 5.37. The molecule has 36 heavy (non-hydrogen) atoms. The van der Waals surface area contributed by atoms with E-state index in [1.165, 1.54) is 22.5 Å². The first-order valence-electron chi connectivity index (χ1n) is 12.1. The van der Waals surface area contributed by atoms with E-state index in [0.29, 0.717) is 5.56 Å². The van der Waals surface area contributed by atoms with Crippen LogP contribution in [0.3, 0.4) is 0 Å². The third kappa shape index (κ3) is 3.47. The van der Waals surface area contributed by atoms with Crippen LogP contribution in [0, 0.1) is 11.3 Å². The molecule has 6 rings (SSSR count). The number of hydrogen-bond acceptors (Lipinski definition) is 3. The van der Waals surface area contributed by atoms with E-state index < -0.39 is 0 Å². The summed E-state index contributed by atoms with van der Waals surface area (Å²) in [4.78, 5) is 6.48. The van der Waals surface area contributed by atoms with E-state index in [1.54, 1.807) is 12.4 Å². The van der Waals surface area contributed by atoms with Gasteiger partial charge in [-0.1, -0.05) is 80.6 Å². The molecule has 0 spiro atoms. The Morgan fingerprint density at radius 2 is 1.31 bits per heavy atom. The number of anilines is 3. The first-order valence-corrected chi connectivity index (χ1v) is 12.1. The van der Waals surface area contributed by atoms with Crippen LogP contribution in [0.1, 0.15) is 30.5 Å². The molecule has 0 amide bonds. The lowest BCUT2D eigenvalue weighted by Gasteiger charge is -2.42. The predicted molar refractivity (Wildman–Crippen MR) is 147 cm³/mol. The lowest BCUT2D eigenvalue weighted by atomic mass is 9.73. The molecule has 0 bridgehead atoms. The Morgan fingerprint density at radius 1 is 0.694 bits per heavy atom. The van der Waals surface area contributed by atoms with Crippen molar-refractivity contribution < 1.29 is 0 Å². The molecule has 0 saturated heterocycles. The van der Waals surface area contributed by atoms with E-state index in [4.69, 9.17) is 0 Å². The van der Waals surface area contributed by atoms with Crippen LogP contribution >= 0.6 is 0 Å². The summed E-state index contributed by atoms with van der Waals surface area (Å²) in [5.74, 6) is 0. The smallest absolute Gasteiger partial charge is 0.101 e. The first kappa shape index (κ1) is 21.8. The van der Waals surface area contributed by atoms with Gasteiger partial charge in [-0.3, -0.25) is 4.98 Å². The van der Waals surface area contributed by atoms with E-state index in [-0.39, 0.29) is 5.41 Å². The maximum Gasteiger partial charge on any atom is 0.101 e. The van der Waals surface area contributed by atoms with Gasteiger partial charge in [0.1, 0.15) is 6.07 Å². The van der Waals surface area contributed by atoms with Gasteiger partial charge < -0.3 is 4.90 Å². The molecule has 0 radical (unpaired) electrons. The molecule has 1 aliphatic rings. The van der Waals surface area contributed by atoms with E-state index in [0.717, 1.165) is 27.9 Å². The van der Waals surface area contributed by atoms with Gasteiger partial charge in [-0.25, -0.2) is 0 Å². The van der Waals surface area contributed by atoms with Crippen molar-refractivity contribution in [3.63, 3.8) is 0 Å². The Bertz CT molecular complexity index is 1590. The molecule has 0 fully saturated rings. The second kappa shape index (κ2) is 8.52. The fourth-order valence-corrected chi connectivity index (χ4v) is 5.37. The molecule has 0 saturated carbocycles. The van der Waals surface area contributed by atoms with Gasteiger partial charge in [0.15, 0.2) is 0 Å². The maximum atomic E-state index is 9.55. The Balaban J connectivity index is 1.49. The van der Waals surface area contributed by atoms with Gasteiger partial charge in [0.2, 0.25) is 0 Å². The van der Waals surface area contributed by atoms with Gasteiger partial charge in [0.05, 0.1) is 16.9 Å². The molecule has 172 valence electrons. The summed E-state index contributed by atoms with van der Waals surface area (Å²) in [6.07, 6.45) is 3.35. The molecular weight excluding hydrogens is 438 g/mol. The average Bonchev–Trinajstić information content (AvgIpc) is 2.93. The van der Waals surface area contributed by atoms with Crippen molar-refractivity contribution in [1.29, 1.82) is 5.26 Å². The molecule has 0 N–H and O–H groups in total. The minimum Gasteiger partial charge on any atom is -0.310 e. The molecule has 0 atom stereocenters. The number of rotatable bonds is 3. The number of pyridine rings is 1. The van der Waals surface area contributed by atoms with Gasteiger partial charge in [-0.15, -0.1) is 0 Å². The van der Waals surface area contributed by atoms with Gasteiger partial charge in [-0.2, -0.15) is 5.26 Å². The van der Waals surface area contributed by atoms with Crippen molar-refractivity contribution in [1.82, 2.24) is 4.98 Å². The van der Waals surface area contributed by atoms with Crippen LogP contribution in [-0.4, -0.2) is 4.98 Å². The van der Waals surface area contributed by atoms with Crippen LogP contribution < -0.4 is 4.90 Å². The number of para-hydroxylation sites is 2. The quantitative estimate of drug-likeness (QED) is 0.270. The Labute approximate surface area is 211 Å². The summed E-state index contributed by atoms with van der Waals surface area (Å²) in [7, 11) is 0. The zero-order valence-corrected chi connectivity index (χ0v) is 20.3. The second-order valence-electron chi connectivity index (χ2n) is 9.66. The van der Waals surface area contributed by atoms with Gasteiger partial charge in [-0.05, 0) is 64.2 Å². The van der Waals surface area contributed by atoms with Gasteiger partial charge in [0, 0.05) is 29.1 Å². The van der Waals surface area contributed by atoms with Crippen molar-refractivity contribution in [2.24, 2.45) is 0 Å². The highest BCUT2D eigenvalue weighted by Gasteiger charge is 2.36. The van der Waals surface area contributed by atoms with Crippen molar-refractivity contribution >= 4 is 17.1 Å². The van der Waals surface area contributed by atoms with Crippen LogP contribution in [0.15, 0.2) is 116 Å². The van der Waals surface area contributed by atoms with Crippen molar-refractivity contribution in [3.8, 4) is 28.3 Å². The van der Waals surface area contributed by atoms with E-state index >= 15 is 0 Å². The molecule has 4 aromatic carbocycles. The minimum atomic E-state index is -0.0847. The molecule has 3 nitrogen and oxygen atoms in total. The van der Waals surface area contributed by atoms with Crippen LogP contribution in [0.25, 0.3) is 22.3 Å². The number of nitriles is 1. The normalized spacial score (nSPS) is 13.4. The number of nitrogens with zero attached hydrogens (tertiary/aromatic N) is 3. The Morgan fingerprint density at radius 3 is 2.00 bits per heavy atom. The van der Waals surface area contributed by atoms with Crippen LogP contribution in [0.4, 0.5) is 17.1 Å². The highest BCUT2D eigenvalue weighted by Crippen LogP contribution is 2.51. The minimum absolute atomic E-state index is 0.0847. The third-order valence-electron chi connectivity index (χ3n) is 7.19. The van der Waals surface area contributed by atoms with Crippen molar-refractivity contribution in [2.75, 3.05) is 4.90 Å². The summed E-state index contributed by atoms with van der Waals surface area (Å²) < 4.78 is 0. The molecule has 2 heterocycles. The highest BCUT2D eigenvalue weighted by molar-refractivity contribution is 5.87. The molecule has 3 heteroatoms. The average molecular weight is 464 g/mol. The lowest BCUT2D eigenvalue weighted by molar-refractivity contribution is 0.632. The Kier molecular flexibility index (Phi) is 5.16. The van der Waals surface area contributed by atoms with E-state index in [9.17, 15) is 5.26 Å². The van der Waals surface area contributed by atoms with E-state index in [2.05, 4.69) is 115 Å². The largest absolute Gasteiger partial charge is 0.310 e. The number of benzene rings is 4. The highest BCUT2D eigenvalue weighted by atomic mass is 15.2. The molecule has 0 unspecified atom stereocenters. The van der Waals surface area contributed by atoms with Crippen LogP contribution in [0.2, 0.25) is 0 Å². The van der Waals surface area contributed by atoms with Crippen molar-refractivity contribution in [3.05, 3.63) is 132 Å². The van der Waals surface area contributed by atoms with Crippen molar-refractivity contribution in [2.45, 2.75) is 19.3 Å². The summed E-state index contributed by atoms with van der Waals surface area (Å²) in [6, 6.07) is 38.6. The molecular formula is C33H25N3. The van der Waals surface area contributed by atoms with E-state index in [1.807, 2.05) is 18.2 Å². The zero-order chi connectivity index (χ0) is 24.7. The standard InChI is InChI=1S/C33H25N3/c1-33(2)29-13-3-5-15-31(29)36(32-16-6-4-14-30(32)33)27-12-8-10-24(20-27)23-9-7-11-25(19-23)28-17-18-35-22-26(28)21-34/h3-20,22H,1-2H3. The number of aromatic nitrogens is 1. The summed E-state index contributed by atoms with van der Waals surface area (Å²) in [5.41, 5.74) is 10.8. The fraction of sp³-hybridized carbons (Fsp3) is 0.0909. The van der Waals surface area contributed by atoms with Gasteiger partial charge >= 0.3 is 0 Å². The maximum absolute atomic E-state index is 9.55. The number of fused-ring (bicyclic) bond motifs is 2. The van der Waals surface area contributed by atoms with Crippen LogP contribution in [-0.2, 0) is 5.41 Å². The summed E-state index contributed by atoms with van der Waals surface area (Å²) in [6.45, 7) is 4.61. The third-order valence-corrected chi connectivity index (χ3v) is 7.19. The molecule has 5 aromatic rings. The van der Waals surface area contributed by atoms with Crippen LogP contribution in [0.5, 0.6) is 0 Å². The zero-order valence-electron chi connectivity index (χ0n) is 20.3. The lowest BCUT2D eigenvalue weighted by Crippen LogP contribution is -2.30. The topological polar surface area (TPSA) is 39.9 Å². The monoisotopic (exact) mass is 463 g/mol. The predicted octanol–water partition coefficient (Wildman–Crippen LogP) is 8.40. The summed E-state index contributed by atoms with van der Waals surface area (Å²) >= 11 is 0. The number of hydrogen-bond donors (Lipinski definition) is 0. The molecule has 1 aromatic heterocycles. The Hall–Kier alpha value is -4.68. The first-order chi connectivity index (χ1) is 17.6. The summed E-state index contributed by atoms with van der Waals surface area (Å²) in [5, 5.41) is 9.55.